The van der Waals surface area contributed by atoms with E-state index in [9.17, 15) is 0 Å². The molecule has 0 fully saturated rings. The maximum atomic E-state index is 4.42. The monoisotopic (exact) mass is 261 g/mol. The molecule has 2 aromatic rings. The molecule has 1 unspecified atom stereocenters. The van der Waals surface area contributed by atoms with Crippen LogP contribution in [0.3, 0.4) is 0 Å². The molecular weight excluding hydrogens is 242 g/mol. The topological polar surface area (TPSA) is 29.9 Å². The van der Waals surface area contributed by atoms with E-state index in [1.165, 1.54) is 24.8 Å². The first kappa shape index (κ1) is 11.9. The van der Waals surface area contributed by atoms with Crippen LogP contribution in [-0.2, 0) is 19.5 Å². The highest BCUT2D eigenvalue weighted by atomic mass is 32.1. The fourth-order valence-corrected chi connectivity index (χ4v) is 3.70. The number of nitrogens with one attached hydrogen (secondary N) is 1. The van der Waals surface area contributed by atoms with Gasteiger partial charge in [0, 0.05) is 29.9 Å². The molecule has 4 heteroatoms. The molecule has 0 aromatic carbocycles. The van der Waals surface area contributed by atoms with E-state index in [-0.39, 0.29) is 0 Å². The molecular formula is C14H19N3S. The molecule has 18 heavy (non-hydrogen) atoms. The second kappa shape index (κ2) is 5.24. The molecule has 2 aromatic heterocycles. The summed E-state index contributed by atoms with van der Waals surface area (Å²) in [6.45, 7) is 4.01. The summed E-state index contributed by atoms with van der Waals surface area (Å²) in [4.78, 5) is 5.99. The van der Waals surface area contributed by atoms with E-state index in [4.69, 9.17) is 0 Å². The maximum Gasteiger partial charge on any atom is 0.122 e. The van der Waals surface area contributed by atoms with Crippen LogP contribution in [0.5, 0.6) is 0 Å². The number of hydrogen-bond acceptors (Lipinski definition) is 3. The van der Waals surface area contributed by atoms with Crippen molar-refractivity contribution < 1.29 is 0 Å². The van der Waals surface area contributed by atoms with Crippen LogP contribution in [0, 0.1) is 0 Å². The standard InChI is InChI=1S/C14H19N3S/c1-2-17-8-7-15-14(17)10-16-12-4-3-5-13-11(12)6-9-18-13/h6-9,12,16H,2-5,10H2,1H3. The number of nitrogens with zero attached hydrogens (tertiary/aromatic N) is 2. The highest BCUT2D eigenvalue weighted by molar-refractivity contribution is 7.10. The zero-order chi connectivity index (χ0) is 12.4. The Hall–Kier alpha value is -1.13. The molecule has 1 atom stereocenters. The highest BCUT2D eigenvalue weighted by Gasteiger charge is 2.20. The van der Waals surface area contributed by atoms with Crippen LogP contribution >= 0.6 is 11.3 Å². The first-order chi connectivity index (χ1) is 8.88. The van der Waals surface area contributed by atoms with Crippen LogP contribution in [0.1, 0.15) is 42.1 Å². The van der Waals surface area contributed by atoms with Crippen molar-refractivity contribution in [2.24, 2.45) is 0 Å². The van der Waals surface area contributed by atoms with E-state index in [0.29, 0.717) is 6.04 Å². The van der Waals surface area contributed by atoms with Gasteiger partial charge in [0.15, 0.2) is 0 Å². The van der Waals surface area contributed by atoms with Crippen molar-refractivity contribution in [3.8, 4) is 0 Å². The van der Waals surface area contributed by atoms with Crippen molar-refractivity contribution in [2.45, 2.75) is 45.3 Å². The summed E-state index contributed by atoms with van der Waals surface area (Å²) in [5.41, 5.74) is 1.51. The molecule has 0 bridgehead atoms. The average Bonchev–Trinajstić information content (AvgIpc) is 3.04. The molecule has 0 spiro atoms. The number of aromatic nitrogens is 2. The summed E-state index contributed by atoms with van der Waals surface area (Å²) in [5.74, 6) is 1.14. The molecule has 1 aliphatic rings. The first-order valence-corrected chi connectivity index (χ1v) is 7.56. The molecule has 0 saturated heterocycles. The van der Waals surface area contributed by atoms with Crippen molar-refractivity contribution in [3.63, 3.8) is 0 Å². The van der Waals surface area contributed by atoms with Gasteiger partial charge in [0.1, 0.15) is 5.82 Å². The minimum Gasteiger partial charge on any atom is -0.334 e. The number of hydrogen-bond donors (Lipinski definition) is 1. The smallest absolute Gasteiger partial charge is 0.122 e. The van der Waals surface area contributed by atoms with Crippen LogP contribution in [0.15, 0.2) is 23.8 Å². The Bertz CT molecular complexity index is 515. The van der Waals surface area contributed by atoms with Gasteiger partial charge in [-0.1, -0.05) is 0 Å². The largest absolute Gasteiger partial charge is 0.334 e. The van der Waals surface area contributed by atoms with Gasteiger partial charge in [-0.15, -0.1) is 11.3 Å². The van der Waals surface area contributed by atoms with Crippen LogP contribution in [0.25, 0.3) is 0 Å². The number of aryl methyl sites for hydroxylation is 2. The average molecular weight is 261 g/mol. The molecule has 1 aliphatic carbocycles. The SMILES string of the molecule is CCn1ccnc1CNC1CCCc2sccc21. The molecule has 2 heterocycles. The van der Waals surface area contributed by atoms with Crippen molar-refractivity contribution in [3.05, 3.63) is 40.1 Å². The second-order valence-electron chi connectivity index (χ2n) is 4.75. The minimum absolute atomic E-state index is 0.516. The molecule has 3 nitrogen and oxygen atoms in total. The van der Waals surface area contributed by atoms with Crippen LogP contribution in [-0.4, -0.2) is 9.55 Å². The molecule has 0 aliphatic heterocycles. The van der Waals surface area contributed by atoms with Gasteiger partial charge in [0.05, 0.1) is 6.54 Å². The third kappa shape index (κ3) is 2.22. The summed E-state index contributed by atoms with van der Waals surface area (Å²) in [7, 11) is 0. The number of thiophene rings is 1. The molecule has 0 radical (unpaired) electrons. The van der Waals surface area contributed by atoms with E-state index >= 15 is 0 Å². The lowest BCUT2D eigenvalue weighted by Crippen LogP contribution is -2.25. The molecule has 0 saturated carbocycles. The lowest BCUT2D eigenvalue weighted by atomic mass is 9.94. The Morgan fingerprint density at radius 3 is 3.39 bits per heavy atom. The highest BCUT2D eigenvalue weighted by Crippen LogP contribution is 2.33. The van der Waals surface area contributed by atoms with Crippen molar-refractivity contribution in [1.29, 1.82) is 0 Å². The zero-order valence-electron chi connectivity index (χ0n) is 10.7. The van der Waals surface area contributed by atoms with Crippen molar-refractivity contribution in [2.75, 3.05) is 0 Å². The van der Waals surface area contributed by atoms with Crippen LogP contribution < -0.4 is 5.32 Å². The lowest BCUT2D eigenvalue weighted by Gasteiger charge is -2.23. The number of rotatable bonds is 4. The van der Waals surface area contributed by atoms with Crippen LogP contribution in [0.2, 0.25) is 0 Å². The summed E-state index contributed by atoms with van der Waals surface area (Å²) >= 11 is 1.90. The predicted octanol–water partition coefficient (Wildman–Crippen LogP) is 3.13. The Labute approximate surface area is 112 Å². The molecule has 3 rings (SSSR count). The van der Waals surface area contributed by atoms with E-state index in [1.54, 1.807) is 4.88 Å². The van der Waals surface area contributed by atoms with Gasteiger partial charge < -0.3 is 9.88 Å². The zero-order valence-corrected chi connectivity index (χ0v) is 11.5. The third-order valence-electron chi connectivity index (χ3n) is 3.70. The summed E-state index contributed by atoms with van der Waals surface area (Å²) in [6.07, 6.45) is 7.74. The summed E-state index contributed by atoms with van der Waals surface area (Å²) < 4.78 is 2.20. The number of imidazole rings is 1. The summed E-state index contributed by atoms with van der Waals surface area (Å²) in [5, 5.41) is 5.88. The number of fused-ring (bicyclic) bond motifs is 1. The van der Waals surface area contributed by atoms with E-state index in [0.717, 1.165) is 18.9 Å². The van der Waals surface area contributed by atoms with E-state index < -0.39 is 0 Å². The lowest BCUT2D eigenvalue weighted by molar-refractivity contribution is 0.450. The predicted molar refractivity (Wildman–Crippen MR) is 74.7 cm³/mol. The fourth-order valence-electron chi connectivity index (χ4n) is 2.71. The normalized spacial score (nSPS) is 18.8. The fraction of sp³-hybridized carbons (Fsp3) is 0.500. The van der Waals surface area contributed by atoms with Gasteiger partial charge in [0.25, 0.3) is 0 Å². The van der Waals surface area contributed by atoms with E-state index in [1.807, 2.05) is 23.7 Å². The van der Waals surface area contributed by atoms with Gasteiger partial charge in [-0.3, -0.25) is 0 Å². The summed E-state index contributed by atoms with van der Waals surface area (Å²) in [6, 6.07) is 2.80. The third-order valence-corrected chi connectivity index (χ3v) is 4.70. The second-order valence-corrected chi connectivity index (χ2v) is 5.75. The van der Waals surface area contributed by atoms with Gasteiger partial charge in [-0.05, 0) is 43.2 Å². The Kier molecular flexibility index (Phi) is 3.48. The van der Waals surface area contributed by atoms with Gasteiger partial charge in [0.2, 0.25) is 0 Å². The van der Waals surface area contributed by atoms with Gasteiger partial charge >= 0.3 is 0 Å². The van der Waals surface area contributed by atoms with Crippen molar-refractivity contribution in [1.82, 2.24) is 14.9 Å². The Morgan fingerprint density at radius 2 is 2.50 bits per heavy atom. The van der Waals surface area contributed by atoms with Crippen molar-refractivity contribution >= 4 is 11.3 Å². The molecule has 96 valence electrons. The van der Waals surface area contributed by atoms with Crippen LogP contribution in [0.4, 0.5) is 0 Å². The first-order valence-electron chi connectivity index (χ1n) is 6.68. The van der Waals surface area contributed by atoms with Gasteiger partial charge in [-0.2, -0.15) is 0 Å². The van der Waals surface area contributed by atoms with E-state index in [2.05, 4.69) is 33.2 Å². The quantitative estimate of drug-likeness (QED) is 0.916. The Morgan fingerprint density at radius 1 is 1.56 bits per heavy atom. The minimum atomic E-state index is 0.516. The molecule has 0 amide bonds. The maximum absolute atomic E-state index is 4.42. The molecule has 1 N–H and O–H groups in total. The Balaban J connectivity index is 1.68. The van der Waals surface area contributed by atoms with Gasteiger partial charge in [-0.25, -0.2) is 4.98 Å².